The first kappa shape index (κ1) is 14.9. The predicted octanol–water partition coefficient (Wildman–Crippen LogP) is 3.00. The van der Waals surface area contributed by atoms with E-state index in [0.29, 0.717) is 10.9 Å². The fraction of sp³-hybridized carbons (Fsp3) is 0.316. The van der Waals surface area contributed by atoms with Crippen molar-refractivity contribution in [3.8, 4) is 5.69 Å². The number of benzene rings is 1. The first-order valence-corrected chi connectivity index (χ1v) is 8.34. The molecule has 0 atom stereocenters. The Balaban J connectivity index is 1.83. The number of aryl methyl sites for hydroxylation is 2. The molecule has 5 nitrogen and oxygen atoms in total. The Labute approximate surface area is 140 Å². The molecule has 1 saturated heterocycles. The average Bonchev–Trinajstić information content (AvgIpc) is 3.08. The lowest BCUT2D eigenvalue weighted by molar-refractivity contribution is 0.904. The number of hydrogen-bond acceptors (Lipinski definition) is 4. The second-order valence-electron chi connectivity index (χ2n) is 6.50. The fourth-order valence-electron chi connectivity index (χ4n) is 3.38. The van der Waals surface area contributed by atoms with Crippen LogP contribution >= 0.6 is 0 Å². The minimum absolute atomic E-state index is 0.0783. The molecule has 5 heteroatoms. The summed E-state index contributed by atoms with van der Waals surface area (Å²) < 4.78 is 1.67. The topological polar surface area (TPSA) is 51.0 Å². The number of pyridine rings is 1. The first-order valence-electron chi connectivity index (χ1n) is 8.34. The van der Waals surface area contributed by atoms with E-state index in [0.717, 1.165) is 35.9 Å². The lowest BCUT2D eigenvalue weighted by atomic mass is 10.1. The molecule has 0 aliphatic carbocycles. The van der Waals surface area contributed by atoms with Gasteiger partial charge in [-0.25, -0.2) is 9.97 Å². The summed E-state index contributed by atoms with van der Waals surface area (Å²) in [6, 6.07) is 8.02. The highest BCUT2D eigenvalue weighted by Gasteiger charge is 2.16. The third-order valence-corrected chi connectivity index (χ3v) is 4.51. The molecular formula is C19H20N4O. The second kappa shape index (κ2) is 5.74. The van der Waals surface area contributed by atoms with E-state index in [1.165, 1.54) is 12.8 Å². The maximum Gasteiger partial charge on any atom is 0.266 e. The molecule has 3 heterocycles. The zero-order valence-electron chi connectivity index (χ0n) is 14.0. The van der Waals surface area contributed by atoms with E-state index in [9.17, 15) is 4.79 Å². The molecule has 0 spiro atoms. The second-order valence-corrected chi connectivity index (χ2v) is 6.50. The monoisotopic (exact) mass is 320 g/mol. The molecule has 24 heavy (non-hydrogen) atoms. The van der Waals surface area contributed by atoms with Crippen LogP contribution in [0.4, 0.5) is 5.95 Å². The molecule has 2 aromatic heterocycles. The van der Waals surface area contributed by atoms with Crippen molar-refractivity contribution in [2.24, 2.45) is 0 Å². The van der Waals surface area contributed by atoms with Crippen LogP contribution in [0.5, 0.6) is 0 Å². The van der Waals surface area contributed by atoms with E-state index in [2.05, 4.69) is 20.9 Å². The maximum atomic E-state index is 12.9. The number of nitrogens with zero attached hydrogens (tertiary/aromatic N) is 4. The number of anilines is 1. The smallest absolute Gasteiger partial charge is 0.266 e. The van der Waals surface area contributed by atoms with Crippen molar-refractivity contribution in [1.29, 1.82) is 0 Å². The van der Waals surface area contributed by atoms with Crippen molar-refractivity contribution in [3.63, 3.8) is 0 Å². The predicted molar refractivity (Wildman–Crippen MR) is 96.1 cm³/mol. The van der Waals surface area contributed by atoms with Gasteiger partial charge in [-0.15, -0.1) is 0 Å². The molecule has 3 aromatic rings. The van der Waals surface area contributed by atoms with Crippen LogP contribution < -0.4 is 10.5 Å². The molecule has 0 unspecified atom stereocenters. The third-order valence-electron chi connectivity index (χ3n) is 4.51. The van der Waals surface area contributed by atoms with Gasteiger partial charge in [0.2, 0.25) is 5.95 Å². The quantitative estimate of drug-likeness (QED) is 0.728. The summed E-state index contributed by atoms with van der Waals surface area (Å²) in [4.78, 5) is 24.0. The Morgan fingerprint density at radius 3 is 2.46 bits per heavy atom. The molecule has 0 radical (unpaired) electrons. The summed E-state index contributed by atoms with van der Waals surface area (Å²) in [6.45, 7) is 6.05. The molecule has 1 aromatic carbocycles. The number of hydrogen-bond donors (Lipinski definition) is 0. The Bertz CT molecular complexity index is 951. The summed E-state index contributed by atoms with van der Waals surface area (Å²) >= 11 is 0. The molecular weight excluding hydrogens is 300 g/mol. The highest BCUT2D eigenvalue weighted by atomic mass is 16.1. The normalized spacial score (nSPS) is 14.5. The van der Waals surface area contributed by atoms with Crippen LogP contribution in [0.3, 0.4) is 0 Å². The zero-order valence-corrected chi connectivity index (χ0v) is 14.0. The summed E-state index contributed by atoms with van der Waals surface area (Å²) in [5, 5.41) is 0.555. The van der Waals surface area contributed by atoms with Crippen LogP contribution in [0.25, 0.3) is 16.6 Å². The summed E-state index contributed by atoms with van der Waals surface area (Å²) in [6.07, 6.45) is 5.82. The van der Waals surface area contributed by atoms with Crippen molar-refractivity contribution in [2.45, 2.75) is 26.7 Å². The standard InChI is InChI=1S/C19H20N4O/c1-13-9-14(2)11-15(10-13)23-8-5-17-16(18(23)24)12-20-19(21-17)22-6-3-4-7-22/h5,8-12H,3-4,6-7H2,1-2H3. The van der Waals surface area contributed by atoms with E-state index in [1.807, 2.05) is 32.0 Å². The maximum absolute atomic E-state index is 12.9. The fourth-order valence-corrected chi connectivity index (χ4v) is 3.38. The van der Waals surface area contributed by atoms with E-state index in [-0.39, 0.29) is 5.56 Å². The summed E-state index contributed by atoms with van der Waals surface area (Å²) in [7, 11) is 0. The first-order chi connectivity index (χ1) is 11.6. The van der Waals surface area contributed by atoms with Crippen LogP contribution in [0, 0.1) is 13.8 Å². The van der Waals surface area contributed by atoms with Gasteiger partial charge in [0.25, 0.3) is 5.56 Å². The number of fused-ring (bicyclic) bond motifs is 1. The van der Waals surface area contributed by atoms with Gasteiger partial charge in [-0.3, -0.25) is 9.36 Å². The van der Waals surface area contributed by atoms with E-state index >= 15 is 0 Å². The average molecular weight is 320 g/mol. The van der Waals surface area contributed by atoms with Crippen molar-refractivity contribution in [2.75, 3.05) is 18.0 Å². The van der Waals surface area contributed by atoms with E-state index in [4.69, 9.17) is 0 Å². The largest absolute Gasteiger partial charge is 0.341 e. The van der Waals surface area contributed by atoms with Gasteiger partial charge >= 0.3 is 0 Å². The molecule has 1 fully saturated rings. The lowest BCUT2D eigenvalue weighted by Crippen LogP contribution is -2.22. The molecule has 0 N–H and O–H groups in total. The van der Waals surface area contributed by atoms with Gasteiger partial charge in [0.05, 0.1) is 10.9 Å². The Morgan fingerprint density at radius 2 is 1.75 bits per heavy atom. The summed E-state index contributed by atoms with van der Waals surface area (Å²) in [5.41, 5.74) is 3.78. The van der Waals surface area contributed by atoms with Crippen LogP contribution in [0.1, 0.15) is 24.0 Å². The third kappa shape index (κ3) is 2.56. The van der Waals surface area contributed by atoms with Gasteiger partial charge in [0.1, 0.15) is 0 Å². The van der Waals surface area contributed by atoms with Gasteiger partial charge < -0.3 is 4.90 Å². The van der Waals surface area contributed by atoms with E-state index < -0.39 is 0 Å². The molecule has 1 aliphatic heterocycles. The van der Waals surface area contributed by atoms with Crippen LogP contribution in [-0.4, -0.2) is 27.6 Å². The van der Waals surface area contributed by atoms with Crippen molar-refractivity contribution >= 4 is 16.9 Å². The van der Waals surface area contributed by atoms with Crippen molar-refractivity contribution in [1.82, 2.24) is 14.5 Å². The molecule has 0 saturated carbocycles. The molecule has 122 valence electrons. The minimum atomic E-state index is -0.0783. The summed E-state index contributed by atoms with van der Waals surface area (Å²) in [5.74, 6) is 0.726. The number of rotatable bonds is 2. The molecule has 0 amide bonds. The Kier molecular flexibility index (Phi) is 3.56. The van der Waals surface area contributed by atoms with E-state index in [1.54, 1.807) is 17.0 Å². The van der Waals surface area contributed by atoms with Gasteiger partial charge in [0, 0.05) is 31.2 Å². The Hall–Kier alpha value is -2.69. The minimum Gasteiger partial charge on any atom is -0.341 e. The molecule has 4 rings (SSSR count). The van der Waals surface area contributed by atoms with Gasteiger partial charge in [-0.05, 0) is 56.0 Å². The highest BCUT2D eigenvalue weighted by molar-refractivity contribution is 5.78. The van der Waals surface area contributed by atoms with Gasteiger partial charge in [0.15, 0.2) is 0 Å². The van der Waals surface area contributed by atoms with Crippen LogP contribution in [0.15, 0.2) is 41.5 Å². The Morgan fingerprint density at radius 1 is 1.04 bits per heavy atom. The highest BCUT2D eigenvalue weighted by Crippen LogP contribution is 2.18. The number of aromatic nitrogens is 3. The van der Waals surface area contributed by atoms with Gasteiger partial charge in [-0.2, -0.15) is 0 Å². The van der Waals surface area contributed by atoms with Crippen LogP contribution in [-0.2, 0) is 0 Å². The SMILES string of the molecule is Cc1cc(C)cc(-n2ccc3nc(N4CCCC4)ncc3c2=O)c1. The van der Waals surface area contributed by atoms with Crippen molar-refractivity contribution in [3.05, 3.63) is 58.1 Å². The molecule has 1 aliphatic rings. The lowest BCUT2D eigenvalue weighted by Gasteiger charge is -2.15. The van der Waals surface area contributed by atoms with Crippen LogP contribution in [0.2, 0.25) is 0 Å². The van der Waals surface area contributed by atoms with Crippen molar-refractivity contribution < 1.29 is 0 Å². The van der Waals surface area contributed by atoms with Gasteiger partial charge in [-0.1, -0.05) is 6.07 Å². The zero-order chi connectivity index (χ0) is 16.7. The molecule has 0 bridgehead atoms.